The Morgan fingerprint density at radius 2 is 0.569 bits per heavy atom. The first kappa shape index (κ1) is 51.9. The van der Waals surface area contributed by atoms with Gasteiger partial charge in [0.05, 0.1) is 0 Å². The molecule has 3 aliphatic heterocycles. The summed E-state index contributed by atoms with van der Waals surface area (Å²) in [7, 11) is 0. The molecule has 11 nitrogen and oxygen atoms in total. The van der Waals surface area contributed by atoms with Crippen molar-refractivity contribution in [2.75, 3.05) is 0 Å². The van der Waals surface area contributed by atoms with Crippen LogP contribution in [0.1, 0.15) is 224 Å². The van der Waals surface area contributed by atoms with Gasteiger partial charge in [0.15, 0.2) is 0 Å². The van der Waals surface area contributed by atoms with E-state index >= 15 is 0 Å². The van der Waals surface area contributed by atoms with Gasteiger partial charge in [0.1, 0.15) is 18.3 Å². The van der Waals surface area contributed by atoms with Crippen molar-refractivity contribution in [2.45, 2.75) is 276 Å². The number of aliphatic carboxylic acids is 1. The summed E-state index contributed by atoms with van der Waals surface area (Å²) < 4.78 is 17.3. The van der Waals surface area contributed by atoms with Crippen LogP contribution >= 0.6 is 0 Å². The van der Waals surface area contributed by atoms with Crippen LogP contribution in [0.15, 0.2) is 0 Å². The monoisotopic (exact) mass is 822 g/mol. The summed E-state index contributed by atoms with van der Waals surface area (Å²) in [5.41, 5.74) is -0.0784. The average molecular weight is 822 g/mol. The van der Waals surface area contributed by atoms with Gasteiger partial charge in [-0.15, -0.1) is 0 Å². The number of hydrogen-bond acceptors (Lipinski definition) is 10. The number of hydrogen-bond donors (Lipinski definition) is 4. The lowest BCUT2D eigenvalue weighted by Crippen LogP contribution is -2.59. The van der Waals surface area contributed by atoms with Crippen molar-refractivity contribution < 1.29 is 38.5 Å². The molecule has 3 heterocycles. The molecule has 0 aromatic rings. The maximum absolute atomic E-state index is 12.3. The molecule has 11 heteroatoms. The number of piperidine rings is 3. The first-order valence-electron chi connectivity index (χ1n) is 22.8. The van der Waals surface area contributed by atoms with Gasteiger partial charge in [-0.1, -0.05) is 51.4 Å². The first-order valence-corrected chi connectivity index (χ1v) is 22.8. The van der Waals surface area contributed by atoms with E-state index in [-0.39, 0.29) is 75.9 Å². The van der Waals surface area contributed by atoms with E-state index in [1.165, 1.54) is 0 Å². The van der Waals surface area contributed by atoms with Gasteiger partial charge in [-0.25, -0.2) is 0 Å². The van der Waals surface area contributed by atoms with E-state index < -0.39 is 5.97 Å². The number of carboxylic acids is 1. The van der Waals surface area contributed by atoms with E-state index in [1.54, 1.807) is 0 Å². The number of carboxylic acid groups (broad SMARTS) is 1. The zero-order chi connectivity index (χ0) is 43.8. The number of nitrogens with one attached hydrogen (secondary N) is 3. The molecule has 0 atom stereocenters. The van der Waals surface area contributed by atoms with Crippen LogP contribution in [0.25, 0.3) is 0 Å². The van der Waals surface area contributed by atoms with Gasteiger partial charge >= 0.3 is 23.9 Å². The molecule has 3 aliphatic rings. The molecule has 4 N–H and O–H groups in total. The van der Waals surface area contributed by atoms with Crippen LogP contribution in [0.3, 0.4) is 0 Å². The summed E-state index contributed by atoms with van der Waals surface area (Å²) in [6.45, 7) is 26.0. The van der Waals surface area contributed by atoms with Crippen molar-refractivity contribution >= 4 is 23.9 Å². The van der Waals surface area contributed by atoms with Crippen LogP contribution in [0.2, 0.25) is 0 Å². The lowest BCUT2D eigenvalue weighted by atomic mass is 9.81. The van der Waals surface area contributed by atoms with Gasteiger partial charge in [-0.2, -0.15) is 0 Å². The summed E-state index contributed by atoms with van der Waals surface area (Å²) >= 11 is 0. The van der Waals surface area contributed by atoms with Gasteiger partial charge in [-0.05, 0) is 109 Å². The van der Waals surface area contributed by atoms with Gasteiger partial charge in [0, 0.05) is 97.4 Å². The fourth-order valence-electron chi connectivity index (χ4n) is 10.2. The Morgan fingerprint density at radius 3 is 0.776 bits per heavy atom. The van der Waals surface area contributed by atoms with Crippen molar-refractivity contribution in [1.82, 2.24) is 16.0 Å². The average Bonchev–Trinajstić information content (AvgIpc) is 2.99. The number of ether oxygens (including phenoxy) is 3. The quantitative estimate of drug-likeness (QED) is 0.0497. The van der Waals surface area contributed by atoms with Crippen LogP contribution in [0, 0.1) is 0 Å². The Kier molecular flexibility index (Phi) is 20.7. The highest BCUT2D eigenvalue weighted by atomic mass is 16.6. The topological polar surface area (TPSA) is 152 Å². The number of unbranched alkanes of at least 4 members (excludes halogenated alkanes) is 10. The number of esters is 3. The van der Waals surface area contributed by atoms with E-state index in [0.717, 1.165) is 116 Å². The van der Waals surface area contributed by atoms with E-state index in [1.807, 2.05) is 0 Å². The molecular weight excluding hydrogens is 735 g/mol. The largest absolute Gasteiger partial charge is 0.481 e. The van der Waals surface area contributed by atoms with Crippen molar-refractivity contribution in [3.8, 4) is 0 Å². The Labute approximate surface area is 353 Å². The molecule has 3 saturated heterocycles. The van der Waals surface area contributed by atoms with Crippen LogP contribution < -0.4 is 16.0 Å². The molecule has 0 aromatic carbocycles. The van der Waals surface area contributed by atoms with Crippen molar-refractivity contribution in [1.29, 1.82) is 0 Å². The molecule has 0 saturated carbocycles. The first-order chi connectivity index (χ1) is 26.7. The predicted molar refractivity (Wildman–Crippen MR) is 233 cm³/mol. The minimum atomic E-state index is -0.720. The highest BCUT2D eigenvalue weighted by Crippen LogP contribution is 2.33. The lowest BCUT2D eigenvalue weighted by molar-refractivity contribution is -0.154. The summed E-state index contributed by atoms with van der Waals surface area (Å²) in [6, 6.07) is 0. The van der Waals surface area contributed by atoms with E-state index in [0.29, 0.717) is 19.3 Å². The Hall–Kier alpha value is -2.24. The summed E-state index contributed by atoms with van der Waals surface area (Å²) in [4.78, 5) is 47.0. The maximum Gasteiger partial charge on any atom is 0.306 e. The Morgan fingerprint density at radius 1 is 0.379 bits per heavy atom. The molecule has 338 valence electrons. The zero-order valence-corrected chi connectivity index (χ0v) is 39.1. The summed E-state index contributed by atoms with van der Waals surface area (Å²) in [6.07, 6.45) is 18.5. The number of carbonyl (C=O) groups is 4. The molecule has 3 fully saturated rings. The molecule has 58 heavy (non-hydrogen) atoms. The molecule has 0 radical (unpaired) electrons. The van der Waals surface area contributed by atoms with Crippen LogP contribution in [0.5, 0.6) is 0 Å². The van der Waals surface area contributed by atoms with Gasteiger partial charge < -0.3 is 35.3 Å². The molecule has 0 aromatic heterocycles. The minimum Gasteiger partial charge on any atom is -0.481 e. The van der Waals surface area contributed by atoms with Crippen molar-refractivity contribution in [2.24, 2.45) is 0 Å². The third-order valence-electron chi connectivity index (χ3n) is 11.4. The molecule has 0 spiro atoms. The van der Waals surface area contributed by atoms with E-state index in [9.17, 15) is 19.2 Å². The summed E-state index contributed by atoms with van der Waals surface area (Å²) in [5, 5.41) is 19.4. The SMILES string of the molecule is CC1(C)CC(OC(=O)CCCCCCCCC(=O)O)CC(C)(C)N1.CC1(C)CC(OC(=O)CCCCCCCCC(=O)OC2CC(C)(C)NC(C)(C)C2)CC(C)(C)N1. The van der Waals surface area contributed by atoms with E-state index in [4.69, 9.17) is 19.3 Å². The van der Waals surface area contributed by atoms with Gasteiger partial charge in [0.25, 0.3) is 0 Å². The van der Waals surface area contributed by atoms with Gasteiger partial charge in [-0.3, -0.25) is 19.2 Å². The van der Waals surface area contributed by atoms with Crippen molar-refractivity contribution in [3.63, 3.8) is 0 Å². The Bertz CT molecular complexity index is 1180. The Balaban J connectivity index is 0.000000426. The second kappa shape index (κ2) is 23.1. The number of rotatable bonds is 21. The van der Waals surface area contributed by atoms with Crippen molar-refractivity contribution in [3.05, 3.63) is 0 Å². The highest BCUT2D eigenvalue weighted by Gasteiger charge is 2.41. The molecule has 0 aliphatic carbocycles. The zero-order valence-electron chi connectivity index (χ0n) is 39.1. The van der Waals surface area contributed by atoms with Crippen LogP contribution in [0.4, 0.5) is 0 Å². The van der Waals surface area contributed by atoms with Gasteiger partial charge in [0.2, 0.25) is 0 Å². The smallest absolute Gasteiger partial charge is 0.306 e. The predicted octanol–water partition coefficient (Wildman–Crippen LogP) is 9.86. The van der Waals surface area contributed by atoms with Crippen LogP contribution in [-0.4, -0.2) is 80.5 Å². The molecule has 0 amide bonds. The third-order valence-corrected chi connectivity index (χ3v) is 11.4. The molecular formula is C47H87N3O8. The highest BCUT2D eigenvalue weighted by molar-refractivity contribution is 5.70. The molecule has 3 rings (SSSR count). The lowest BCUT2D eigenvalue weighted by Gasteiger charge is -2.46. The second-order valence-electron chi connectivity index (χ2n) is 21.9. The minimum absolute atomic E-state index is 0.000214. The molecule has 0 bridgehead atoms. The molecule has 0 unspecified atom stereocenters. The summed E-state index contributed by atoms with van der Waals surface area (Å²) in [5.74, 6) is -0.933. The normalized spacial score (nSPS) is 22.2. The fraction of sp³-hybridized carbons (Fsp3) is 0.915. The standard InChI is InChI=1S/C28H52N2O4.C19H35NO4/c1-25(2)17-21(18-26(3,4)29-25)33-23(31)15-13-11-9-10-12-14-16-24(32)34-22-19-27(5,6)30-28(7,8)20-22;1-18(2)13-15(14-19(3,4)20-18)24-17(23)12-10-8-6-5-7-9-11-16(21)22/h21-22,29-30H,9-20H2,1-8H3;15,20H,5-14H2,1-4H3,(H,21,22). The van der Waals surface area contributed by atoms with Crippen LogP contribution in [-0.2, 0) is 33.4 Å². The number of carbonyl (C=O) groups excluding carboxylic acids is 3. The second-order valence-corrected chi connectivity index (χ2v) is 21.9. The third kappa shape index (κ3) is 23.5. The fourth-order valence-corrected chi connectivity index (χ4v) is 10.2. The maximum atomic E-state index is 12.3. The van der Waals surface area contributed by atoms with E-state index in [2.05, 4.69) is 99.0 Å².